The number of hydrogen-bond acceptors (Lipinski definition) is 6. The second-order valence-corrected chi connectivity index (χ2v) is 6.96. The molecule has 1 N–H and O–H groups in total. The van der Waals surface area contributed by atoms with Crippen molar-refractivity contribution in [3.8, 4) is 5.75 Å². The summed E-state index contributed by atoms with van der Waals surface area (Å²) < 4.78 is 18.8. The van der Waals surface area contributed by atoms with Crippen molar-refractivity contribution in [1.29, 1.82) is 0 Å². The van der Waals surface area contributed by atoms with Crippen LogP contribution in [0, 0.1) is 5.82 Å². The smallest absolute Gasteiger partial charge is 0.225 e. The van der Waals surface area contributed by atoms with Crippen LogP contribution >= 0.6 is 0 Å². The second kappa shape index (κ2) is 11.3. The van der Waals surface area contributed by atoms with Gasteiger partial charge in [-0.3, -0.25) is 9.69 Å². The number of benzene rings is 1. The van der Waals surface area contributed by atoms with Gasteiger partial charge in [0, 0.05) is 51.5 Å². The highest BCUT2D eigenvalue weighted by atomic mass is 19.1. The number of carbonyl (C=O) groups is 1. The predicted octanol–water partition coefficient (Wildman–Crippen LogP) is 2.10. The van der Waals surface area contributed by atoms with Crippen LogP contribution in [0.25, 0.3) is 0 Å². The third-order valence-corrected chi connectivity index (χ3v) is 4.82. The van der Waals surface area contributed by atoms with Crippen molar-refractivity contribution in [3.63, 3.8) is 0 Å². The van der Waals surface area contributed by atoms with Gasteiger partial charge in [0.2, 0.25) is 11.9 Å². The molecule has 3 rings (SSSR count). The molecule has 1 aromatic heterocycles. The van der Waals surface area contributed by atoms with Crippen molar-refractivity contribution in [2.45, 2.75) is 19.3 Å². The summed E-state index contributed by atoms with van der Waals surface area (Å²) >= 11 is 0. The highest BCUT2D eigenvalue weighted by Crippen LogP contribution is 2.15. The number of carbonyl (C=O) groups excluding carboxylic acids is 1. The van der Waals surface area contributed by atoms with Crippen LogP contribution in [0.4, 0.5) is 10.3 Å². The van der Waals surface area contributed by atoms with Crippen LogP contribution in [-0.2, 0) is 4.79 Å². The average Bonchev–Trinajstić information content (AvgIpc) is 2.76. The summed E-state index contributed by atoms with van der Waals surface area (Å²) in [6.07, 6.45) is 5.39. The molecule has 29 heavy (non-hydrogen) atoms. The lowest BCUT2D eigenvalue weighted by atomic mass is 10.2. The Morgan fingerprint density at radius 1 is 1.07 bits per heavy atom. The molecule has 0 unspecified atom stereocenters. The van der Waals surface area contributed by atoms with E-state index < -0.39 is 0 Å². The fourth-order valence-electron chi connectivity index (χ4n) is 3.22. The number of nitrogens with one attached hydrogen (secondary N) is 1. The van der Waals surface area contributed by atoms with Gasteiger partial charge in [0.25, 0.3) is 0 Å². The minimum Gasteiger partial charge on any atom is -0.491 e. The topological polar surface area (TPSA) is 70.6 Å². The van der Waals surface area contributed by atoms with E-state index in [-0.39, 0.29) is 17.5 Å². The quantitative estimate of drug-likeness (QED) is 0.615. The highest BCUT2D eigenvalue weighted by Gasteiger charge is 2.18. The molecule has 2 heterocycles. The average molecular weight is 401 g/mol. The molecule has 0 atom stereocenters. The molecule has 1 fully saturated rings. The van der Waals surface area contributed by atoms with Gasteiger partial charge < -0.3 is 15.0 Å². The molecule has 0 bridgehead atoms. The lowest BCUT2D eigenvalue weighted by Crippen LogP contribution is -2.47. The molecule has 1 aliphatic heterocycles. The Morgan fingerprint density at radius 2 is 1.83 bits per heavy atom. The van der Waals surface area contributed by atoms with Crippen molar-refractivity contribution in [2.75, 3.05) is 50.8 Å². The van der Waals surface area contributed by atoms with Gasteiger partial charge >= 0.3 is 0 Å². The number of aromatic nitrogens is 2. The molecule has 1 aromatic carbocycles. The van der Waals surface area contributed by atoms with E-state index in [4.69, 9.17) is 4.74 Å². The number of nitrogens with zero attached hydrogens (tertiary/aromatic N) is 4. The zero-order chi connectivity index (χ0) is 20.3. The summed E-state index contributed by atoms with van der Waals surface area (Å²) in [5, 5.41) is 2.94. The molecule has 156 valence electrons. The number of rotatable bonds is 10. The molecule has 1 saturated heterocycles. The molecule has 7 nitrogen and oxygen atoms in total. The van der Waals surface area contributed by atoms with E-state index in [2.05, 4.69) is 25.1 Å². The van der Waals surface area contributed by atoms with Gasteiger partial charge in [-0.15, -0.1) is 0 Å². The number of hydrogen-bond donors (Lipinski definition) is 1. The van der Waals surface area contributed by atoms with Crippen molar-refractivity contribution in [2.24, 2.45) is 0 Å². The summed E-state index contributed by atoms with van der Waals surface area (Å²) in [5.41, 5.74) is 0. The first-order chi connectivity index (χ1) is 14.2. The molecule has 0 spiro atoms. The largest absolute Gasteiger partial charge is 0.491 e. The van der Waals surface area contributed by atoms with E-state index in [0.29, 0.717) is 26.0 Å². The van der Waals surface area contributed by atoms with Gasteiger partial charge in [0.15, 0.2) is 11.6 Å². The minimum atomic E-state index is -0.380. The van der Waals surface area contributed by atoms with Crippen LogP contribution in [0.15, 0.2) is 42.7 Å². The minimum absolute atomic E-state index is 0.00757. The van der Waals surface area contributed by atoms with Crippen LogP contribution in [0.3, 0.4) is 0 Å². The molecule has 0 saturated carbocycles. The Balaban J connectivity index is 1.21. The van der Waals surface area contributed by atoms with Gasteiger partial charge in [-0.2, -0.15) is 0 Å². The highest BCUT2D eigenvalue weighted by molar-refractivity contribution is 5.75. The van der Waals surface area contributed by atoms with E-state index in [1.54, 1.807) is 30.6 Å². The van der Waals surface area contributed by atoms with E-state index in [9.17, 15) is 9.18 Å². The van der Waals surface area contributed by atoms with Crippen molar-refractivity contribution >= 4 is 11.9 Å². The first-order valence-corrected chi connectivity index (χ1v) is 10.1. The molecular formula is C21H28FN5O2. The molecule has 0 radical (unpaired) electrons. The maximum absolute atomic E-state index is 13.4. The van der Waals surface area contributed by atoms with Gasteiger partial charge in [-0.05, 0) is 37.6 Å². The Bertz CT molecular complexity index is 754. The van der Waals surface area contributed by atoms with Crippen LogP contribution in [0.1, 0.15) is 19.3 Å². The van der Waals surface area contributed by atoms with Crippen molar-refractivity contribution in [3.05, 3.63) is 48.5 Å². The molecule has 0 aliphatic carbocycles. The van der Waals surface area contributed by atoms with E-state index >= 15 is 0 Å². The molecule has 2 aromatic rings. The SMILES string of the molecule is O=C(CCCOc1ccccc1F)NCCCN1CCN(c2ncccn2)CC1. The lowest BCUT2D eigenvalue weighted by molar-refractivity contribution is -0.121. The van der Waals surface area contributed by atoms with Crippen molar-refractivity contribution in [1.82, 2.24) is 20.2 Å². The summed E-state index contributed by atoms with van der Waals surface area (Å²) in [6, 6.07) is 8.11. The van der Waals surface area contributed by atoms with Gasteiger partial charge in [-0.25, -0.2) is 14.4 Å². The normalized spacial score (nSPS) is 14.6. The first-order valence-electron chi connectivity index (χ1n) is 10.1. The van der Waals surface area contributed by atoms with Crippen LogP contribution in [0.5, 0.6) is 5.75 Å². The number of amides is 1. The zero-order valence-electron chi connectivity index (χ0n) is 16.6. The van der Waals surface area contributed by atoms with Crippen molar-refractivity contribution < 1.29 is 13.9 Å². The van der Waals surface area contributed by atoms with E-state index in [1.807, 2.05) is 6.07 Å². The summed E-state index contributed by atoms with van der Waals surface area (Å²) in [6.45, 7) is 5.72. The fraction of sp³-hybridized carbons (Fsp3) is 0.476. The third kappa shape index (κ3) is 6.98. The number of piperazine rings is 1. The third-order valence-electron chi connectivity index (χ3n) is 4.82. The number of para-hydroxylation sites is 1. The van der Waals surface area contributed by atoms with E-state index in [1.165, 1.54) is 6.07 Å². The Hall–Kier alpha value is -2.74. The zero-order valence-corrected chi connectivity index (χ0v) is 16.6. The second-order valence-electron chi connectivity index (χ2n) is 6.96. The van der Waals surface area contributed by atoms with Crippen LogP contribution in [-0.4, -0.2) is 66.7 Å². The number of ether oxygens (including phenoxy) is 1. The molecular weight excluding hydrogens is 373 g/mol. The van der Waals surface area contributed by atoms with Gasteiger partial charge in [0.1, 0.15) is 0 Å². The fourth-order valence-corrected chi connectivity index (χ4v) is 3.22. The summed E-state index contributed by atoms with van der Waals surface area (Å²) in [5.74, 6) is 0.646. The lowest BCUT2D eigenvalue weighted by Gasteiger charge is -2.34. The standard InChI is InChI=1S/C21H28FN5O2/c22-18-6-1-2-7-19(18)29-17-3-8-20(28)23-11-5-12-26-13-15-27(16-14-26)21-24-9-4-10-25-21/h1-2,4,6-7,9-10H,3,5,8,11-17H2,(H,23,28). The van der Waals surface area contributed by atoms with Crippen LogP contribution in [0.2, 0.25) is 0 Å². The Labute approximate surface area is 170 Å². The molecule has 8 heteroatoms. The van der Waals surface area contributed by atoms with E-state index in [0.717, 1.165) is 45.1 Å². The van der Waals surface area contributed by atoms with Crippen LogP contribution < -0.4 is 15.0 Å². The molecule has 1 amide bonds. The predicted molar refractivity (Wildman–Crippen MR) is 109 cm³/mol. The Kier molecular flexibility index (Phi) is 8.18. The number of anilines is 1. The Morgan fingerprint density at radius 3 is 2.59 bits per heavy atom. The first kappa shape index (κ1) is 21.0. The summed E-state index contributed by atoms with van der Waals surface area (Å²) in [7, 11) is 0. The maximum atomic E-state index is 13.4. The van der Waals surface area contributed by atoms with Gasteiger partial charge in [-0.1, -0.05) is 12.1 Å². The van der Waals surface area contributed by atoms with Gasteiger partial charge in [0.05, 0.1) is 6.61 Å². The summed E-state index contributed by atoms with van der Waals surface area (Å²) in [4.78, 5) is 25.1. The maximum Gasteiger partial charge on any atom is 0.225 e. The monoisotopic (exact) mass is 401 g/mol. The number of halogens is 1. The molecule has 1 aliphatic rings.